The Balaban J connectivity index is 2.09. The Labute approximate surface area is 113 Å². The van der Waals surface area contributed by atoms with Crippen molar-refractivity contribution >= 4 is 32.7 Å². The van der Waals surface area contributed by atoms with Gasteiger partial charge in [-0.2, -0.15) is 0 Å². The third kappa shape index (κ3) is 3.56. The summed E-state index contributed by atoms with van der Waals surface area (Å²) in [7, 11) is -0.621. The molecule has 2 aromatic carbocycles. The van der Waals surface area contributed by atoms with Crippen molar-refractivity contribution in [2.24, 2.45) is 0 Å². The van der Waals surface area contributed by atoms with Gasteiger partial charge in [-0.1, -0.05) is 18.2 Å². The minimum Gasteiger partial charge on any atom is -0.419 e. The van der Waals surface area contributed by atoms with E-state index < -0.39 is 9.74 Å². The monoisotopic (exact) mass is 280 g/mol. The Morgan fingerprint density at radius 2 is 1.65 bits per heavy atom. The number of hydrogen-bond acceptors (Lipinski definition) is 3. The van der Waals surface area contributed by atoms with Crippen molar-refractivity contribution in [3.8, 4) is 5.75 Å². The molecule has 88 valence electrons. The van der Waals surface area contributed by atoms with Crippen LogP contribution < -0.4 is 4.18 Å². The maximum absolute atomic E-state index is 5.71. The molecule has 0 aromatic heterocycles. The van der Waals surface area contributed by atoms with Gasteiger partial charge in [0.1, 0.15) is 5.75 Å². The van der Waals surface area contributed by atoms with E-state index in [-0.39, 0.29) is 0 Å². The molecule has 0 bridgehead atoms. The molecule has 0 saturated heterocycles. The van der Waals surface area contributed by atoms with Gasteiger partial charge >= 0.3 is 0 Å². The minimum absolute atomic E-state index is 0.621. The van der Waals surface area contributed by atoms with Crippen LogP contribution in [0, 0.1) is 0 Å². The van der Waals surface area contributed by atoms with E-state index in [0.717, 1.165) is 10.6 Å². The lowest BCUT2D eigenvalue weighted by Crippen LogP contribution is -1.99. The van der Waals surface area contributed by atoms with Gasteiger partial charge < -0.3 is 4.18 Å². The molecular formula is C13H12OS3. The SMILES string of the molecule is CSc1ccc(S(=S)Oc2ccccc2)cc1. The van der Waals surface area contributed by atoms with E-state index in [1.165, 1.54) is 4.90 Å². The fourth-order valence-corrected chi connectivity index (χ4v) is 3.02. The third-order valence-corrected chi connectivity index (χ3v) is 4.69. The van der Waals surface area contributed by atoms with Gasteiger partial charge in [0.05, 0.1) is 9.74 Å². The largest absolute Gasteiger partial charge is 0.419 e. The summed E-state index contributed by atoms with van der Waals surface area (Å²) >= 11 is 7.09. The molecule has 0 amide bonds. The highest BCUT2D eigenvalue weighted by atomic mass is 32.8. The van der Waals surface area contributed by atoms with Crippen molar-refractivity contribution in [1.82, 2.24) is 0 Å². The molecule has 4 heteroatoms. The normalized spacial score (nSPS) is 12.1. The Bertz CT molecular complexity index is 494. The van der Waals surface area contributed by atoms with E-state index in [4.69, 9.17) is 15.4 Å². The van der Waals surface area contributed by atoms with Crippen LogP contribution in [0.4, 0.5) is 0 Å². The van der Waals surface area contributed by atoms with Gasteiger partial charge in [0.2, 0.25) is 0 Å². The number of rotatable bonds is 4. The molecule has 1 nitrogen and oxygen atoms in total. The van der Waals surface area contributed by atoms with Crippen LogP contribution in [0.25, 0.3) is 0 Å². The van der Waals surface area contributed by atoms with E-state index in [1.807, 2.05) is 42.5 Å². The zero-order valence-electron chi connectivity index (χ0n) is 9.33. The number of para-hydroxylation sites is 1. The van der Waals surface area contributed by atoms with E-state index in [2.05, 4.69) is 18.4 Å². The van der Waals surface area contributed by atoms with Crippen molar-refractivity contribution in [3.63, 3.8) is 0 Å². The lowest BCUT2D eigenvalue weighted by Gasteiger charge is -2.08. The average Bonchev–Trinajstić information content (AvgIpc) is 2.40. The second kappa shape index (κ2) is 6.19. The predicted octanol–water partition coefficient (Wildman–Crippen LogP) is 3.84. The van der Waals surface area contributed by atoms with Crippen LogP contribution in [-0.4, -0.2) is 6.26 Å². The topological polar surface area (TPSA) is 9.23 Å². The van der Waals surface area contributed by atoms with Crippen LogP contribution in [0.1, 0.15) is 0 Å². The van der Waals surface area contributed by atoms with Gasteiger partial charge in [-0.25, -0.2) is 0 Å². The van der Waals surface area contributed by atoms with E-state index in [9.17, 15) is 0 Å². The van der Waals surface area contributed by atoms with Crippen molar-refractivity contribution < 1.29 is 4.18 Å². The fraction of sp³-hybridized carbons (Fsp3) is 0.0769. The minimum atomic E-state index is -0.621. The summed E-state index contributed by atoms with van der Waals surface area (Å²) in [6.07, 6.45) is 2.06. The molecule has 0 aliphatic rings. The lowest BCUT2D eigenvalue weighted by molar-refractivity contribution is 0.639. The van der Waals surface area contributed by atoms with Crippen LogP contribution >= 0.6 is 11.8 Å². The van der Waals surface area contributed by atoms with Crippen LogP contribution in [0.3, 0.4) is 0 Å². The molecule has 1 unspecified atom stereocenters. The Morgan fingerprint density at radius 3 is 2.24 bits per heavy atom. The molecule has 2 rings (SSSR count). The molecule has 2 aromatic rings. The molecule has 0 heterocycles. The van der Waals surface area contributed by atoms with E-state index >= 15 is 0 Å². The average molecular weight is 280 g/mol. The first-order valence-corrected chi connectivity index (χ1v) is 8.39. The molecular weight excluding hydrogens is 268 g/mol. The zero-order valence-corrected chi connectivity index (χ0v) is 11.8. The molecule has 0 fully saturated rings. The molecule has 0 spiro atoms. The predicted molar refractivity (Wildman–Crippen MR) is 78.3 cm³/mol. The molecule has 0 saturated carbocycles. The van der Waals surface area contributed by atoms with Gasteiger partial charge in [-0.15, -0.1) is 11.8 Å². The standard InChI is InChI=1S/C13H12OS3/c1-16-12-7-9-13(10-8-12)17(15)14-11-5-3-2-4-6-11/h2-10H,1H3. The Morgan fingerprint density at radius 1 is 1.00 bits per heavy atom. The molecule has 0 aliphatic heterocycles. The Hall–Kier alpha value is -0.840. The smallest absolute Gasteiger partial charge is 0.138 e. The summed E-state index contributed by atoms with van der Waals surface area (Å²) in [4.78, 5) is 2.28. The first-order chi connectivity index (χ1) is 8.29. The third-order valence-electron chi connectivity index (χ3n) is 2.17. The highest BCUT2D eigenvalue weighted by Gasteiger charge is 2.02. The second-order valence-electron chi connectivity index (χ2n) is 3.31. The molecule has 0 aliphatic carbocycles. The molecule has 17 heavy (non-hydrogen) atoms. The van der Waals surface area contributed by atoms with E-state index in [1.54, 1.807) is 11.8 Å². The van der Waals surface area contributed by atoms with Crippen LogP contribution in [-0.2, 0) is 20.9 Å². The van der Waals surface area contributed by atoms with Gasteiger partial charge in [0.25, 0.3) is 0 Å². The maximum Gasteiger partial charge on any atom is 0.138 e. The molecule has 0 N–H and O–H groups in total. The van der Waals surface area contributed by atoms with Crippen molar-refractivity contribution in [2.45, 2.75) is 9.79 Å². The lowest BCUT2D eigenvalue weighted by atomic mass is 10.3. The second-order valence-corrected chi connectivity index (χ2v) is 6.20. The van der Waals surface area contributed by atoms with Crippen LogP contribution in [0.5, 0.6) is 5.75 Å². The summed E-state index contributed by atoms with van der Waals surface area (Å²) in [5.74, 6) is 0.819. The summed E-state index contributed by atoms with van der Waals surface area (Å²) in [6, 6.07) is 17.9. The highest BCUT2D eigenvalue weighted by molar-refractivity contribution is 8.26. The van der Waals surface area contributed by atoms with Crippen molar-refractivity contribution in [1.29, 1.82) is 0 Å². The van der Waals surface area contributed by atoms with Gasteiger partial charge in [0, 0.05) is 9.79 Å². The van der Waals surface area contributed by atoms with Crippen molar-refractivity contribution in [3.05, 3.63) is 54.6 Å². The molecule has 1 atom stereocenters. The first kappa shape index (κ1) is 12.6. The number of benzene rings is 2. The van der Waals surface area contributed by atoms with Crippen molar-refractivity contribution in [2.75, 3.05) is 6.26 Å². The maximum atomic E-state index is 5.71. The van der Waals surface area contributed by atoms with Gasteiger partial charge in [-0.3, -0.25) is 0 Å². The fourth-order valence-electron chi connectivity index (χ4n) is 1.30. The van der Waals surface area contributed by atoms with Gasteiger partial charge in [0.15, 0.2) is 0 Å². The highest BCUT2D eigenvalue weighted by Crippen LogP contribution is 2.19. The van der Waals surface area contributed by atoms with Gasteiger partial charge in [-0.05, 0) is 53.8 Å². The summed E-state index contributed by atoms with van der Waals surface area (Å²) in [6.45, 7) is 0. The van der Waals surface area contributed by atoms with Crippen LogP contribution in [0.2, 0.25) is 0 Å². The quantitative estimate of drug-likeness (QED) is 0.788. The first-order valence-electron chi connectivity index (χ1n) is 5.09. The Kier molecular flexibility index (Phi) is 4.59. The number of hydrogen-bond donors (Lipinski definition) is 0. The van der Waals surface area contributed by atoms with E-state index in [0.29, 0.717) is 0 Å². The summed E-state index contributed by atoms with van der Waals surface area (Å²) in [5.41, 5.74) is 0. The summed E-state index contributed by atoms with van der Waals surface area (Å²) < 4.78 is 5.71. The summed E-state index contributed by atoms with van der Waals surface area (Å²) in [5, 5.41) is 0. The van der Waals surface area contributed by atoms with Crippen LogP contribution in [0.15, 0.2) is 64.4 Å². The number of thioether (sulfide) groups is 1. The molecule has 0 radical (unpaired) electrons. The zero-order chi connectivity index (χ0) is 12.1.